The molecule has 24 heavy (non-hydrogen) atoms. The van der Waals surface area contributed by atoms with Crippen LogP contribution in [0.25, 0.3) is 0 Å². The van der Waals surface area contributed by atoms with Crippen LogP contribution < -0.4 is 5.32 Å². The van der Waals surface area contributed by atoms with Gasteiger partial charge in [0.05, 0.1) is 13.2 Å². The minimum atomic E-state index is -0.671. The van der Waals surface area contributed by atoms with Crippen LogP contribution in [0.5, 0.6) is 0 Å². The molecule has 0 radical (unpaired) electrons. The fourth-order valence-electron chi connectivity index (χ4n) is 3.83. The average Bonchev–Trinajstić information content (AvgIpc) is 2.62. The molecule has 1 aromatic carbocycles. The topological polar surface area (TPSA) is 50.8 Å². The van der Waals surface area contributed by atoms with E-state index in [2.05, 4.69) is 37.4 Å². The number of amides is 1. The predicted octanol–water partition coefficient (Wildman–Crippen LogP) is 1.97. The fourth-order valence-corrected chi connectivity index (χ4v) is 3.83. The molecular formula is C19H28N2O3. The number of nitrogens with one attached hydrogen (secondary N) is 1. The molecule has 1 unspecified atom stereocenters. The maximum atomic E-state index is 13.1. The van der Waals surface area contributed by atoms with E-state index >= 15 is 0 Å². The van der Waals surface area contributed by atoms with Crippen molar-refractivity contribution in [3.05, 3.63) is 34.9 Å². The zero-order valence-corrected chi connectivity index (χ0v) is 14.9. The number of aryl methyl sites for hydroxylation is 2. The van der Waals surface area contributed by atoms with Crippen molar-refractivity contribution in [3.63, 3.8) is 0 Å². The SMILES string of the molecule is COC1(C(=O)N2CCOC(c3ccc(C)cc3C)C2)CCNCC1. The summed E-state index contributed by atoms with van der Waals surface area (Å²) in [5, 5.41) is 3.30. The first-order valence-corrected chi connectivity index (χ1v) is 8.80. The Morgan fingerprint density at radius 2 is 2.08 bits per heavy atom. The van der Waals surface area contributed by atoms with Gasteiger partial charge in [-0.2, -0.15) is 0 Å². The molecule has 3 rings (SSSR count). The zero-order valence-electron chi connectivity index (χ0n) is 14.9. The van der Waals surface area contributed by atoms with Gasteiger partial charge < -0.3 is 19.7 Å². The van der Waals surface area contributed by atoms with Crippen LogP contribution in [0, 0.1) is 13.8 Å². The van der Waals surface area contributed by atoms with E-state index in [1.807, 2.05) is 4.90 Å². The molecule has 132 valence electrons. The molecular weight excluding hydrogens is 304 g/mol. The van der Waals surface area contributed by atoms with E-state index in [4.69, 9.17) is 9.47 Å². The van der Waals surface area contributed by atoms with E-state index in [1.165, 1.54) is 16.7 Å². The summed E-state index contributed by atoms with van der Waals surface area (Å²) in [6.45, 7) is 7.65. The highest BCUT2D eigenvalue weighted by Gasteiger charge is 2.43. The van der Waals surface area contributed by atoms with E-state index < -0.39 is 5.60 Å². The minimum Gasteiger partial charge on any atom is -0.370 e. The number of ether oxygens (including phenoxy) is 2. The number of benzene rings is 1. The number of hydrogen-bond acceptors (Lipinski definition) is 4. The smallest absolute Gasteiger partial charge is 0.255 e. The molecule has 1 atom stereocenters. The molecule has 5 heteroatoms. The number of piperidine rings is 1. The number of hydrogen-bond donors (Lipinski definition) is 1. The number of carbonyl (C=O) groups excluding carboxylic acids is 1. The highest BCUT2D eigenvalue weighted by atomic mass is 16.5. The number of morpholine rings is 1. The lowest BCUT2D eigenvalue weighted by Gasteiger charge is -2.42. The summed E-state index contributed by atoms with van der Waals surface area (Å²) in [7, 11) is 1.66. The molecule has 2 fully saturated rings. The minimum absolute atomic E-state index is 0.0566. The van der Waals surface area contributed by atoms with Crippen molar-refractivity contribution in [2.24, 2.45) is 0 Å². The number of methoxy groups -OCH3 is 1. The Morgan fingerprint density at radius 1 is 1.33 bits per heavy atom. The van der Waals surface area contributed by atoms with E-state index in [-0.39, 0.29) is 12.0 Å². The van der Waals surface area contributed by atoms with E-state index in [0.717, 1.165) is 25.9 Å². The highest BCUT2D eigenvalue weighted by Crippen LogP contribution is 2.30. The summed E-state index contributed by atoms with van der Waals surface area (Å²) in [4.78, 5) is 15.1. The van der Waals surface area contributed by atoms with Crippen molar-refractivity contribution in [1.29, 1.82) is 0 Å². The summed E-state index contributed by atoms with van der Waals surface area (Å²) in [5.74, 6) is 0.115. The largest absolute Gasteiger partial charge is 0.370 e. The van der Waals surface area contributed by atoms with Crippen molar-refractivity contribution >= 4 is 5.91 Å². The molecule has 2 heterocycles. The van der Waals surface area contributed by atoms with Crippen molar-refractivity contribution in [2.45, 2.75) is 38.4 Å². The lowest BCUT2D eigenvalue weighted by molar-refractivity contribution is -0.165. The third-order valence-corrected chi connectivity index (χ3v) is 5.32. The maximum absolute atomic E-state index is 13.1. The summed E-state index contributed by atoms with van der Waals surface area (Å²) >= 11 is 0. The molecule has 2 aliphatic rings. The van der Waals surface area contributed by atoms with Gasteiger partial charge in [0.1, 0.15) is 11.7 Å². The van der Waals surface area contributed by atoms with Gasteiger partial charge in [0.2, 0.25) is 0 Å². The number of rotatable bonds is 3. The molecule has 0 saturated carbocycles. The first-order chi connectivity index (χ1) is 11.6. The van der Waals surface area contributed by atoms with Crippen LogP contribution in [0.15, 0.2) is 18.2 Å². The summed E-state index contributed by atoms with van der Waals surface area (Å²) in [6, 6.07) is 6.40. The second-order valence-electron chi connectivity index (χ2n) is 6.92. The number of carbonyl (C=O) groups is 1. The van der Waals surface area contributed by atoms with E-state index in [1.54, 1.807) is 7.11 Å². The fraction of sp³-hybridized carbons (Fsp3) is 0.632. The molecule has 1 amide bonds. The van der Waals surface area contributed by atoms with Gasteiger partial charge in [0.15, 0.2) is 0 Å². The molecule has 2 aliphatic heterocycles. The second-order valence-corrected chi connectivity index (χ2v) is 6.92. The van der Waals surface area contributed by atoms with Crippen molar-refractivity contribution in [3.8, 4) is 0 Å². The maximum Gasteiger partial charge on any atom is 0.255 e. The molecule has 5 nitrogen and oxygen atoms in total. The monoisotopic (exact) mass is 332 g/mol. The summed E-state index contributed by atoms with van der Waals surface area (Å²) in [6.07, 6.45) is 1.40. The van der Waals surface area contributed by atoms with Gasteiger partial charge in [0, 0.05) is 13.7 Å². The highest BCUT2D eigenvalue weighted by molar-refractivity contribution is 5.85. The lowest BCUT2D eigenvalue weighted by atomic mass is 9.90. The quantitative estimate of drug-likeness (QED) is 0.919. The third-order valence-electron chi connectivity index (χ3n) is 5.32. The van der Waals surface area contributed by atoms with Gasteiger partial charge in [-0.3, -0.25) is 4.79 Å². The van der Waals surface area contributed by atoms with Crippen LogP contribution in [0.1, 0.15) is 35.6 Å². The summed E-state index contributed by atoms with van der Waals surface area (Å²) < 4.78 is 11.7. The van der Waals surface area contributed by atoms with Gasteiger partial charge in [0.25, 0.3) is 5.91 Å². The second kappa shape index (κ2) is 7.21. The number of nitrogens with zero attached hydrogens (tertiary/aromatic N) is 1. The van der Waals surface area contributed by atoms with Crippen molar-refractivity contribution < 1.29 is 14.3 Å². The van der Waals surface area contributed by atoms with Gasteiger partial charge in [-0.05, 0) is 50.9 Å². The Kier molecular flexibility index (Phi) is 5.23. The van der Waals surface area contributed by atoms with Crippen LogP contribution >= 0.6 is 0 Å². The van der Waals surface area contributed by atoms with E-state index in [0.29, 0.717) is 19.7 Å². The first kappa shape index (κ1) is 17.4. The molecule has 0 spiro atoms. The van der Waals surface area contributed by atoms with Crippen LogP contribution in [0.3, 0.4) is 0 Å². The molecule has 1 N–H and O–H groups in total. The van der Waals surface area contributed by atoms with Gasteiger partial charge in [-0.15, -0.1) is 0 Å². The molecule has 1 aromatic rings. The van der Waals surface area contributed by atoms with Crippen LogP contribution in [-0.2, 0) is 14.3 Å². The Bertz CT molecular complexity index is 596. The van der Waals surface area contributed by atoms with Crippen LogP contribution in [0.4, 0.5) is 0 Å². The third kappa shape index (κ3) is 3.34. The average molecular weight is 332 g/mol. The Morgan fingerprint density at radius 3 is 2.75 bits per heavy atom. The van der Waals surface area contributed by atoms with Gasteiger partial charge >= 0.3 is 0 Å². The zero-order chi connectivity index (χ0) is 17.2. The molecule has 0 aliphatic carbocycles. The van der Waals surface area contributed by atoms with Crippen LogP contribution in [-0.4, -0.2) is 56.3 Å². The van der Waals surface area contributed by atoms with Gasteiger partial charge in [-0.25, -0.2) is 0 Å². The molecule has 2 saturated heterocycles. The standard InChI is InChI=1S/C19H28N2O3/c1-14-4-5-16(15(2)12-14)17-13-21(10-11-24-17)18(22)19(23-3)6-8-20-9-7-19/h4-5,12,17,20H,6-11,13H2,1-3H3. The Labute approximate surface area is 144 Å². The van der Waals surface area contributed by atoms with Crippen molar-refractivity contribution in [2.75, 3.05) is 39.9 Å². The Balaban J connectivity index is 1.76. The normalized spacial score (nSPS) is 24.0. The van der Waals surface area contributed by atoms with E-state index in [9.17, 15) is 4.79 Å². The predicted molar refractivity (Wildman–Crippen MR) is 93.0 cm³/mol. The summed E-state index contributed by atoms with van der Waals surface area (Å²) in [5.41, 5.74) is 2.97. The van der Waals surface area contributed by atoms with Crippen LogP contribution in [0.2, 0.25) is 0 Å². The molecule has 0 bridgehead atoms. The molecule has 0 aromatic heterocycles. The van der Waals surface area contributed by atoms with Crippen molar-refractivity contribution in [1.82, 2.24) is 10.2 Å². The lowest BCUT2D eigenvalue weighted by Crippen LogP contribution is -2.57. The first-order valence-electron chi connectivity index (χ1n) is 8.80. The van der Waals surface area contributed by atoms with Gasteiger partial charge in [-0.1, -0.05) is 23.8 Å². The Hall–Kier alpha value is -1.43.